The number of aliphatic hydroxyl groups is 1. The zero-order valence-corrected chi connectivity index (χ0v) is 24.7. The van der Waals surface area contributed by atoms with Gasteiger partial charge in [-0.25, -0.2) is 4.79 Å². The van der Waals surface area contributed by atoms with Crippen LogP contribution in [0.2, 0.25) is 19.1 Å². The Morgan fingerprint density at radius 2 is 1.59 bits per heavy atom. The standard InChI is InChI=1S/C33H48O3Si/c1-6-7-8-10-26-11-13-27(14-12-26)28-15-17-29(18-16-28)30-19-20-32(37(4,5)22-9-21-34)31(23-30)24-36-33(35)25(2)3/h11-14,19-20,23,28-29,34H,2,6-10,15-18,21-22,24H2,1,3-5H3. The summed E-state index contributed by atoms with van der Waals surface area (Å²) in [4.78, 5) is 12.1. The smallest absolute Gasteiger partial charge is 0.333 e. The quantitative estimate of drug-likeness (QED) is 0.127. The summed E-state index contributed by atoms with van der Waals surface area (Å²) in [5.74, 6) is 0.875. The van der Waals surface area contributed by atoms with Crippen molar-refractivity contribution in [1.29, 1.82) is 0 Å². The van der Waals surface area contributed by atoms with E-state index in [9.17, 15) is 9.90 Å². The van der Waals surface area contributed by atoms with Crippen LogP contribution >= 0.6 is 0 Å². The van der Waals surface area contributed by atoms with E-state index in [0.717, 1.165) is 18.0 Å². The molecule has 3 rings (SSSR count). The monoisotopic (exact) mass is 520 g/mol. The molecule has 2 aromatic rings. The van der Waals surface area contributed by atoms with Crippen molar-refractivity contribution in [3.8, 4) is 0 Å². The van der Waals surface area contributed by atoms with Crippen LogP contribution in [0.1, 0.15) is 99.3 Å². The molecule has 37 heavy (non-hydrogen) atoms. The SMILES string of the molecule is C=C(C)C(=O)OCc1cc(C2CCC(c3ccc(CCCCC)cc3)CC2)ccc1[Si](C)(C)CCCO. The van der Waals surface area contributed by atoms with Crippen molar-refractivity contribution in [2.45, 2.75) is 109 Å². The lowest BCUT2D eigenvalue weighted by atomic mass is 9.76. The molecular formula is C33H48O3Si. The van der Waals surface area contributed by atoms with Crippen molar-refractivity contribution in [3.63, 3.8) is 0 Å². The van der Waals surface area contributed by atoms with Gasteiger partial charge < -0.3 is 9.84 Å². The molecule has 0 heterocycles. The number of ether oxygens (including phenoxy) is 1. The van der Waals surface area contributed by atoms with Crippen LogP contribution in [0.25, 0.3) is 0 Å². The van der Waals surface area contributed by atoms with E-state index in [-0.39, 0.29) is 12.6 Å². The Hall–Kier alpha value is -2.17. The molecule has 0 spiro atoms. The van der Waals surface area contributed by atoms with Gasteiger partial charge in [0.15, 0.2) is 0 Å². The molecule has 202 valence electrons. The summed E-state index contributed by atoms with van der Waals surface area (Å²) in [6, 6.07) is 17.4. The van der Waals surface area contributed by atoms with E-state index < -0.39 is 8.07 Å². The van der Waals surface area contributed by atoms with E-state index in [2.05, 4.69) is 69.1 Å². The van der Waals surface area contributed by atoms with Gasteiger partial charge in [0.1, 0.15) is 6.61 Å². The number of aryl methyl sites for hydroxylation is 1. The summed E-state index contributed by atoms with van der Waals surface area (Å²) in [6.07, 6.45) is 10.7. The third-order valence-electron chi connectivity index (χ3n) is 8.24. The zero-order chi connectivity index (χ0) is 26.8. The molecule has 0 amide bonds. The van der Waals surface area contributed by atoms with Gasteiger partial charge in [-0.05, 0) is 86.0 Å². The summed E-state index contributed by atoms with van der Waals surface area (Å²) in [5.41, 5.74) is 5.92. The lowest BCUT2D eigenvalue weighted by molar-refractivity contribution is -0.140. The fourth-order valence-corrected chi connectivity index (χ4v) is 8.72. The largest absolute Gasteiger partial charge is 0.457 e. The Morgan fingerprint density at radius 1 is 0.973 bits per heavy atom. The fourth-order valence-electron chi connectivity index (χ4n) is 5.87. The maximum Gasteiger partial charge on any atom is 0.333 e. The maximum atomic E-state index is 12.1. The Balaban J connectivity index is 1.69. The minimum Gasteiger partial charge on any atom is -0.457 e. The third kappa shape index (κ3) is 8.41. The molecule has 1 fully saturated rings. The molecule has 0 atom stereocenters. The van der Waals surface area contributed by atoms with Crippen LogP contribution in [0.15, 0.2) is 54.6 Å². The van der Waals surface area contributed by atoms with E-state index in [4.69, 9.17) is 4.74 Å². The molecule has 1 aliphatic rings. The first-order valence-electron chi connectivity index (χ1n) is 14.4. The molecule has 0 saturated heterocycles. The van der Waals surface area contributed by atoms with Crippen LogP contribution in [0.5, 0.6) is 0 Å². The van der Waals surface area contributed by atoms with E-state index in [1.165, 1.54) is 73.2 Å². The summed E-state index contributed by atoms with van der Waals surface area (Å²) in [5, 5.41) is 10.7. The number of hydrogen-bond donors (Lipinski definition) is 1. The second kappa shape index (κ2) is 14.1. The molecule has 1 N–H and O–H groups in total. The Bertz CT molecular complexity index is 1020. The Morgan fingerprint density at radius 3 is 2.19 bits per heavy atom. The molecule has 4 heteroatoms. The first-order valence-corrected chi connectivity index (χ1v) is 17.6. The van der Waals surface area contributed by atoms with Crippen molar-refractivity contribution >= 4 is 19.2 Å². The zero-order valence-electron chi connectivity index (χ0n) is 23.7. The highest BCUT2D eigenvalue weighted by Crippen LogP contribution is 2.40. The van der Waals surface area contributed by atoms with Gasteiger partial charge in [0.25, 0.3) is 0 Å². The van der Waals surface area contributed by atoms with Gasteiger partial charge in [0, 0.05) is 12.2 Å². The summed E-state index contributed by atoms with van der Waals surface area (Å²) in [6.45, 7) is 12.9. The van der Waals surface area contributed by atoms with Gasteiger partial charge in [0.05, 0.1) is 8.07 Å². The molecule has 0 radical (unpaired) electrons. The molecule has 0 aromatic heterocycles. The second-order valence-electron chi connectivity index (χ2n) is 11.7. The van der Waals surface area contributed by atoms with Crippen molar-refractivity contribution in [2.24, 2.45) is 0 Å². The number of carbonyl (C=O) groups excluding carboxylic acids is 1. The number of aliphatic hydroxyl groups excluding tert-OH is 1. The summed E-state index contributed by atoms with van der Waals surface area (Å²) < 4.78 is 5.62. The lowest BCUT2D eigenvalue weighted by Gasteiger charge is -2.31. The number of unbranched alkanes of at least 4 members (excludes halogenated alkanes) is 2. The molecule has 0 aliphatic heterocycles. The first kappa shape index (κ1) is 29.4. The van der Waals surface area contributed by atoms with Crippen LogP contribution in [0.4, 0.5) is 0 Å². The van der Waals surface area contributed by atoms with Crippen LogP contribution in [-0.4, -0.2) is 25.8 Å². The molecule has 2 aromatic carbocycles. The molecule has 0 bridgehead atoms. The molecule has 1 saturated carbocycles. The normalized spacial score (nSPS) is 18.0. The Kier molecular flexibility index (Phi) is 11.2. The van der Waals surface area contributed by atoms with Crippen LogP contribution in [-0.2, 0) is 22.6 Å². The van der Waals surface area contributed by atoms with Gasteiger partial charge in [-0.1, -0.05) is 93.1 Å². The molecular weight excluding hydrogens is 472 g/mol. The number of benzene rings is 2. The summed E-state index contributed by atoms with van der Waals surface area (Å²) in [7, 11) is -1.76. The number of rotatable bonds is 13. The van der Waals surface area contributed by atoms with Gasteiger partial charge in [-0.15, -0.1) is 0 Å². The highest BCUT2D eigenvalue weighted by molar-refractivity contribution is 6.90. The van der Waals surface area contributed by atoms with Crippen molar-refractivity contribution in [1.82, 2.24) is 0 Å². The number of esters is 1. The molecule has 0 unspecified atom stereocenters. The minimum atomic E-state index is -1.76. The van der Waals surface area contributed by atoms with Gasteiger partial charge in [-0.2, -0.15) is 0 Å². The average Bonchev–Trinajstić information content (AvgIpc) is 2.91. The van der Waals surface area contributed by atoms with Gasteiger partial charge in [-0.3, -0.25) is 0 Å². The average molecular weight is 521 g/mol. The van der Waals surface area contributed by atoms with E-state index >= 15 is 0 Å². The van der Waals surface area contributed by atoms with Crippen LogP contribution in [0.3, 0.4) is 0 Å². The van der Waals surface area contributed by atoms with Crippen molar-refractivity contribution < 1.29 is 14.6 Å². The van der Waals surface area contributed by atoms with Crippen molar-refractivity contribution in [2.75, 3.05) is 6.61 Å². The van der Waals surface area contributed by atoms with E-state index in [1.54, 1.807) is 6.92 Å². The topological polar surface area (TPSA) is 46.5 Å². The van der Waals surface area contributed by atoms with Gasteiger partial charge >= 0.3 is 5.97 Å². The predicted octanol–water partition coefficient (Wildman–Crippen LogP) is 7.78. The van der Waals surface area contributed by atoms with E-state index in [1.807, 2.05) is 0 Å². The Labute approximate surface area is 226 Å². The molecule has 1 aliphatic carbocycles. The first-order chi connectivity index (χ1) is 17.7. The summed E-state index contributed by atoms with van der Waals surface area (Å²) >= 11 is 0. The predicted molar refractivity (Wildman–Crippen MR) is 158 cm³/mol. The number of carbonyl (C=O) groups is 1. The highest BCUT2D eigenvalue weighted by atomic mass is 28.3. The third-order valence-corrected chi connectivity index (χ3v) is 11.8. The van der Waals surface area contributed by atoms with Crippen molar-refractivity contribution in [3.05, 3.63) is 76.9 Å². The van der Waals surface area contributed by atoms with Crippen LogP contribution in [0, 0.1) is 0 Å². The molecule has 3 nitrogen and oxygen atoms in total. The highest BCUT2D eigenvalue weighted by Gasteiger charge is 2.28. The van der Waals surface area contributed by atoms with Gasteiger partial charge in [0.2, 0.25) is 0 Å². The van der Waals surface area contributed by atoms with E-state index in [0.29, 0.717) is 24.0 Å². The van der Waals surface area contributed by atoms with Crippen LogP contribution < -0.4 is 5.19 Å². The lowest BCUT2D eigenvalue weighted by Crippen LogP contribution is -2.43. The second-order valence-corrected chi connectivity index (χ2v) is 16.5. The maximum absolute atomic E-state index is 12.1. The minimum absolute atomic E-state index is 0.222. The fraction of sp³-hybridized carbons (Fsp3) is 0.545. The number of hydrogen-bond acceptors (Lipinski definition) is 3.